The largest absolute Gasteiger partial charge is 0.330 e. The van der Waals surface area contributed by atoms with E-state index in [-0.39, 0.29) is 11.2 Å². The van der Waals surface area contributed by atoms with E-state index in [1.165, 1.54) is 11.1 Å². The number of aromatic nitrogens is 4. The van der Waals surface area contributed by atoms with Crippen molar-refractivity contribution < 1.29 is 0 Å². The van der Waals surface area contributed by atoms with Crippen molar-refractivity contribution in [1.29, 1.82) is 0 Å². The van der Waals surface area contributed by atoms with E-state index in [9.17, 15) is 9.59 Å². The molecule has 0 spiro atoms. The molecule has 0 bridgehead atoms. The summed E-state index contributed by atoms with van der Waals surface area (Å²) < 4.78 is 3.52. The maximum Gasteiger partial charge on any atom is 0.330 e. The smallest absolute Gasteiger partial charge is 0.321 e. The monoisotopic (exact) mass is 411 g/mol. The van der Waals surface area contributed by atoms with E-state index in [0.29, 0.717) is 36.7 Å². The van der Waals surface area contributed by atoms with Crippen LogP contribution in [0.3, 0.4) is 0 Å². The number of H-pyrrole nitrogens is 1. The van der Waals surface area contributed by atoms with E-state index in [2.05, 4.69) is 54.9 Å². The fraction of sp³-hybridized carbons (Fsp3) is 0.522. The lowest BCUT2D eigenvalue weighted by Crippen LogP contribution is -2.31. The summed E-state index contributed by atoms with van der Waals surface area (Å²) >= 11 is 0. The number of aryl methyl sites for hydroxylation is 2. The summed E-state index contributed by atoms with van der Waals surface area (Å²) in [6, 6.07) is 8.70. The zero-order valence-electron chi connectivity index (χ0n) is 18.7. The van der Waals surface area contributed by atoms with Crippen molar-refractivity contribution in [2.24, 2.45) is 0 Å². The molecule has 0 saturated heterocycles. The number of fused-ring (bicyclic) bond motifs is 1. The van der Waals surface area contributed by atoms with E-state index >= 15 is 0 Å². The van der Waals surface area contributed by atoms with Gasteiger partial charge in [-0.15, -0.1) is 0 Å². The highest BCUT2D eigenvalue weighted by molar-refractivity contribution is 5.71. The Morgan fingerprint density at radius 3 is 2.37 bits per heavy atom. The van der Waals surface area contributed by atoms with Crippen molar-refractivity contribution in [2.45, 2.75) is 72.6 Å². The summed E-state index contributed by atoms with van der Waals surface area (Å²) in [5, 5.41) is 0. The van der Waals surface area contributed by atoms with Crippen LogP contribution in [0.5, 0.6) is 0 Å². The molecule has 1 N–H and O–H groups in total. The summed E-state index contributed by atoms with van der Waals surface area (Å²) in [5.74, 6) is 1.32. The Balaban J connectivity index is 1.90. The van der Waals surface area contributed by atoms with Crippen LogP contribution in [0, 0.1) is 0 Å². The predicted molar refractivity (Wildman–Crippen MR) is 121 cm³/mol. The fourth-order valence-corrected chi connectivity index (χ4v) is 3.82. The minimum absolute atomic E-state index is 0.365. The van der Waals surface area contributed by atoms with Crippen molar-refractivity contribution in [3.05, 3.63) is 62.1 Å². The topological polar surface area (TPSA) is 75.9 Å². The molecule has 0 saturated carbocycles. The van der Waals surface area contributed by atoms with Crippen LogP contribution in [-0.2, 0) is 26.2 Å². The van der Waals surface area contributed by atoms with Crippen molar-refractivity contribution >= 4 is 11.2 Å². The third-order valence-electron chi connectivity index (χ3n) is 5.53. The highest BCUT2D eigenvalue weighted by Gasteiger charge is 2.18. The maximum atomic E-state index is 12.5. The van der Waals surface area contributed by atoms with Crippen molar-refractivity contribution in [2.75, 3.05) is 7.05 Å². The zero-order chi connectivity index (χ0) is 21.8. The second-order valence-electron chi connectivity index (χ2n) is 8.28. The second-order valence-corrected chi connectivity index (χ2v) is 8.28. The maximum absolute atomic E-state index is 12.5. The summed E-state index contributed by atoms with van der Waals surface area (Å²) in [7, 11) is 2.05. The average molecular weight is 412 g/mol. The molecule has 2 heterocycles. The first kappa shape index (κ1) is 22.0. The Morgan fingerprint density at radius 1 is 1.07 bits per heavy atom. The van der Waals surface area contributed by atoms with Gasteiger partial charge in [0.05, 0.1) is 6.54 Å². The molecule has 3 aromatic rings. The lowest BCUT2D eigenvalue weighted by atomic mass is 10.0. The Bertz CT molecular complexity index is 1110. The number of hydrogen-bond donors (Lipinski definition) is 1. The van der Waals surface area contributed by atoms with Crippen LogP contribution in [0.15, 0.2) is 33.9 Å². The Kier molecular flexibility index (Phi) is 6.92. The van der Waals surface area contributed by atoms with Gasteiger partial charge in [-0.05, 0) is 37.4 Å². The first-order chi connectivity index (χ1) is 14.3. The quantitative estimate of drug-likeness (QED) is 0.585. The predicted octanol–water partition coefficient (Wildman–Crippen LogP) is 3.46. The molecule has 7 heteroatoms. The molecule has 0 aliphatic rings. The van der Waals surface area contributed by atoms with Gasteiger partial charge >= 0.3 is 5.69 Å². The zero-order valence-corrected chi connectivity index (χ0v) is 18.7. The number of nitrogens with zero attached hydrogens (tertiary/aromatic N) is 4. The highest BCUT2D eigenvalue weighted by atomic mass is 16.2. The van der Waals surface area contributed by atoms with Gasteiger partial charge in [-0.3, -0.25) is 19.2 Å². The van der Waals surface area contributed by atoms with Gasteiger partial charge in [-0.2, -0.15) is 0 Å². The number of nitrogens with one attached hydrogen (secondary N) is 1. The standard InChI is InChI=1S/C23H33N5O2/c1-6-8-13-28-21-20(22(29)25-23(28)30)27(7-2)19(24-21)15-26(5)14-17-9-11-18(12-10-17)16(3)4/h9-12,16H,6-8,13-15H2,1-5H3,(H,25,29,30). The fourth-order valence-electron chi connectivity index (χ4n) is 3.82. The highest BCUT2D eigenvalue weighted by Crippen LogP contribution is 2.17. The summed E-state index contributed by atoms with van der Waals surface area (Å²) in [4.78, 5) is 34.3. The lowest BCUT2D eigenvalue weighted by molar-refractivity contribution is 0.306. The Labute approximate surface area is 177 Å². The third-order valence-corrected chi connectivity index (χ3v) is 5.53. The first-order valence-electron chi connectivity index (χ1n) is 10.8. The van der Waals surface area contributed by atoms with E-state index in [4.69, 9.17) is 4.98 Å². The lowest BCUT2D eigenvalue weighted by Gasteiger charge is -2.17. The Hall–Kier alpha value is -2.67. The molecular formula is C23H33N5O2. The number of aromatic amines is 1. The first-order valence-corrected chi connectivity index (χ1v) is 10.8. The van der Waals surface area contributed by atoms with Crippen LogP contribution in [0.4, 0.5) is 0 Å². The third kappa shape index (κ3) is 4.56. The molecule has 0 fully saturated rings. The van der Waals surface area contributed by atoms with Gasteiger partial charge in [0.1, 0.15) is 5.82 Å². The van der Waals surface area contributed by atoms with Gasteiger partial charge in [0.25, 0.3) is 5.56 Å². The van der Waals surface area contributed by atoms with E-state index < -0.39 is 0 Å². The van der Waals surface area contributed by atoms with E-state index in [1.54, 1.807) is 4.57 Å². The number of benzene rings is 1. The van der Waals surface area contributed by atoms with Crippen molar-refractivity contribution in [3.8, 4) is 0 Å². The van der Waals surface area contributed by atoms with Crippen LogP contribution in [0.1, 0.15) is 63.4 Å². The molecule has 7 nitrogen and oxygen atoms in total. The molecular weight excluding hydrogens is 378 g/mol. The normalized spacial score (nSPS) is 11.8. The van der Waals surface area contributed by atoms with Crippen molar-refractivity contribution in [1.82, 2.24) is 24.0 Å². The summed E-state index contributed by atoms with van der Waals surface area (Å²) in [6.07, 6.45) is 1.83. The molecule has 0 radical (unpaired) electrons. The molecule has 162 valence electrons. The molecule has 0 amide bonds. The van der Waals surface area contributed by atoms with Gasteiger partial charge in [0.15, 0.2) is 11.2 Å². The van der Waals surface area contributed by atoms with Gasteiger partial charge in [0.2, 0.25) is 0 Å². The molecule has 0 atom stereocenters. The summed E-state index contributed by atoms with van der Waals surface area (Å²) in [6.45, 7) is 11.0. The van der Waals surface area contributed by atoms with Crippen molar-refractivity contribution in [3.63, 3.8) is 0 Å². The van der Waals surface area contributed by atoms with Crippen LogP contribution in [-0.4, -0.2) is 31.0 Å². The SMILES string of the molecule is CCCCn1c(=O)[nH]c(=O)c2c1nc(CN(C)Cc1ccc(C(C)C)cc1)n2CC. The summed E-state index contributed by atoms with van der Waals surface area (Å²) in [5.41, 5.74) is 2.79. The number of rotatable bonds is 9. The molecule has 0 aliphatic heterocycles. The minimum Gasteiger partial charge on any atom is -0.321 e. The molecule has 3 rings (SSSR count). The van der Waals surface area contributed by atoms with Crippen LogP contribution in [0.25, 0.3) is 11.2 Å². The molecule has 0 unspecified atom stereocenters. The van der Waals surface area contributed by atoms with Crippen LogP contribution < -0.4 is 11.2 Å². The average Bonchev–Trinajstić information content (AvgIpc) is 3.06. The molecule has 0 aliphatic carbocycles. The molecule has 1 aromatic carbocycles. The van der Waals surface area contributed by atoms with Gasteiger partial charge in [-0.25, -0.2) is 9.78 Å². The minimum atomic E-state index is -0.383. The van der Waals surface area contributed by atoms with Gasteiger partial charge in [-0.1, -0.05) is 51.5 Å². The van der Waals surface area contributed by atoms with E-state index in [0.717, 1.165) is 25.2 Å². The van der Waals surface area contributed by atoms with Gasteiger partial charge < -0.3 is 4.57 Å². The Morgan fingerprint density at radius 2 is 1.77 bits per heavy atom. The molecule has 30 heavy (non-hydrogen) atoms. The van der Waals surface area contributed by atoms with Crippen LogP contribution in [0.2, 0.25) is 0 Å². The van der Waals surface area contributed by atoms with Gasteiger partial charge in [0, 0.05) is 19.6 Å². The van der Waals surface area contributed by atoms with Crippen LogP contribution >= 0.6 is 0 Å². The second kappa shape index (κ2) is 9.43. The number of imidazole rings is 1. The number of unbranched alkanes of at least 4 members (excludes halogenated alkanes) is 1. The van der Waals surface area contributed by atoms with E-state index in [1.807, 2.05) is 18.5 Å². The molecule has 2 aromatic heterocycles. The number of hydrogen-bond acceptors (Lipinski definition) is 4.